The Morgan fingerprint density at radius 3 is 1.47 bits per heavy atom. The van der Waals surface area contributed by atoms with Gasteiger partial charge in [0.05, 0.1) is 5.92 Å². The SMILES string of the molecule is CC(C)(C)OC(=O)C(C(=O)OCc1ccccc1)[C@@H](Cc1ccccc1)C(=O)OCc1ccccc1. The Hall–Kier alpha value is -3.93. The van der Waals surface area contributed by atoms with Gasteiger partial charge >= 0.3 is 17.9 Å². The van der Waals surface area contributed by atoms with Crippen LogP contribution < -0.4 is 0 Å². The lowest BCUT2D eigenvalue weighted by Crippen LogP contribution is -2.42. The van der Waals surface area contributed by atoms with Crippen molar-refractivity contribution in [2.45, 2.75) is 46.0 Å². The fourth-order valence-electron chi connectivity index (χ4n) is 3.65. The van der Waals surface area contributed by atoms with Crippen LogP contribution in [0.1, 0.15) is 37.5 Å². The summed E-state index contributed by atoms with van der Waals surface area (Å²) in [7, 11) is 0. The zero-order chi connectivity index (χ0) is 26.0. The molecule has 3 rings (SSSR count). The van der Waals surface area contributed by atoms with Crippen LogP contribution >= 0.6 is 0 Å². The molecule has 36 heavy (non-hydrogen) atoms. The van der Waals surface area contributed by atoms with Gasteiger partial charge in [-0.2, -0.15) is 0 Å². The summed E-state index contributed by atoms with van der Waals surface area (Å²) in [5, 5.41) is 0. The molecule has 0 spiro atoms. The van der Waals surface area contributed by atoms with Gasteiger partial charge in [-0.1, -0.05) is 91.0 Å². The van der Waals surface area contributed by atoms with Crippen LogP contribution in [-0.2, 0) is 48.2 Å². The van der Waals surface area contributed by atoms with Gasteiger partial charge in [0.15, 0.2) is 5.92 Å². The number of hydrogen-bond donors (Lipinski definition) is 0. The first-order chi connectivity index (χ1) is 17.2. The van der Waals surface area contributed by atoms with Gasteiger partial charge in [-0.15, -0.1) is 0 Å². The predicted molar refractivity (Wildman–Crippen MR) is 135 cm³/mol. The topological polar surface area (TPSA) is 78.9 Å². The molecule has 0 saturated heterocycles. The summed E-state index contributed by atoms with van der Waals surface area (Å²) in [6.07, 6.45) is 0.110. The molecule has 0 aliphatic heterocycles. The zero-order valence-corrected chi connectivity index (χ0v) is 20.9. The molecule has 2 atom stereocenters. The molecule has 6 nitrogen and oxygen atoms in total. The van der Waals surface area contributed by atoms with Gasteiger partial charge in [-0.05, 0) is 43.9 Å². The van der Waals surface area contributed by atoms with Gasteiger partial charge in [0, 0.05) is 0 Å². The maximum Gasteiger partial charge on any atom is 0.321 e. The van der Waals surface area contributed by atoms with Gasteiger partial charge in [0.25, 0.3) is 0 Å². The molecular formula is C30H32O6. The number of benzene rings is 3. The third-order valence-corrected chi connectivity index (χ3v) is 5.37. The third kappa shape index (κ3) is 8.38. The third-order valence-electron chi connectivity index (χ3n) is 5.37. The van der Waals surface area contributed by atoms with Crippen LogP contribution in [-0.4, -0.2) is 23.5 Å². The van der Waals surface area contributed by atoms with Gasteiger partial charge in [-0.3, -0.25) is 14.4 Å². The fourth-order valence-corrected chi connectivity index (χ4v) is 3.65. The molecular weight excluding hydrogens is 456 g/mol. The Balaban J connectivity index is 1.88. The van der Waals surface area contributed by atoms with Gasteiger partial charge in [0.1, 0.15) is 18.8 Å². The van der Waals surface area contributed by atoms with Crippen molar-refractivity contribution in [3.8, 4) is 0 Å². The van der Waals surface area contributed by atoms with E-state index < -0.39 is 35.3 Å². The molecule has 0 aromatic heterocycles. The van der Waals surface area contributed by atoms with Gasteiger partial charge in [0.2, 0.25) is 0 Å². The lowest BCUT2D eigenvalue weighted by molar-refractivity contribution is -0.178. The highest BCUT2D eigenvalue weighted by Crippen LogP contribution is 2.26. The second-order valence-electron chi connectivity index (χ2n) is 9.49. The Kier molecular flexibility index (Phi) is 9.39. The fraction of sp³-hybridized carbons (Fsp3) is 0.300. The molecule has 0 heterocycles. The largest absolute Gasteiger partial charge is 0.461 e. The Morgan fingerprint density at radius 2 is 1.03 bits per heavy atom. The molecule has 0 fully saturated rings. The molecule has 3 aromatic rings. The zero-order valence-electron chi connectivity index (χ0n) is 20.9. The van der Waals surface area contributed by atoms with E-state index in [1.54, 1.807) is 20.8 Å². The lowest BCUT2D eigenvalue weighted by Gasteiger charge is -2.27. The monoisotopic (exact) mass is 488 g/mol. The minimum Gasteiger partial charge on any atom is -0.461 e. The van der Waals surface area contributed by atoms with E-state index in [4.69, 9.17) is 14.2 Å². The second-order valence-corrected chi connectivity index (χ2v) is 9.49. The summed E-state index contributed by atoms with van der Waals surface area (Å²) in [5.41, 5.74) is 1.48. The van der Waals surface area contributed by atoms with Crippen molar-refractivity contribution in [2.75, 3.05) is 0 Å². The number of ether oxygens (including phenoxy) is 3. The molecule has 3 aromatic carbocycles. The summed E-state index contributed by atoms with van der Waals surface area (Å²) in [6, 6.07) is 27.5. The average molecular weight is 489 g/mol. The predicted octanol–water partition coefficient (Wildman–Crippen LogP) is 5.29. The van der Waals surface area contributed by atoms with Crippen molar-refractivity contribution in [3.05, 3.63) is 108 Å². The van der Waals surface area contributed by atoms with Crippen LogP contribution in [0.4, 0.5) is 0 Å². The van der Waals surface area contributed by atoms with Crippen molar-refractivity contribution in [2.24, 2.45) is 11.8 Å². The van der Waals surface area contributed by atoms with E-state index in [0.29, 0.717) is 0 Å². The first kappa shape index (κ1) is 26.7. The normalized spacial score (nSPS) is 12.8. The number of esters is 3. The second kappa shape index (κ2) is 12.7. The summed E-state index contributed by atoms with van der Waals surface area (Å²) in [5.74, 6) is -4.94. The van der Waals surface area contributed by atoms with Crippen LogP contribution in [0.15, 0.2) is 91.0 Å². The Bertz CT molecular complexity index is 1120. The average Bonchev–Trinajstić information content (AvgIpc) is 2.86. The molecule has 188 valence electrons. The highest BCUT2D eigenvalue weighted by molar-refractivity contribution is 5.99. The van der Waals surface area contributed by atoms with Crippen LogP contribution in [0.25, 0.3) is 0 Å². The van der Waals surface area contributed by atoms with Gasteiger partial charge < -0.3 is 14.2 Å². The Labute approximate surface area is 212 Å². The van der Waals surface area contributed by atoms with Crippen LogP contribution in [0.2, 0.25) is 0 Å². The number of carbonyl (C=O) groups is 3. The van der Waals surface area contributed by atoms with Crippen LogP contribution in [0.5, 0.6) is 0 Å². The van der Waals surface area contributed by atoms with Crippen LogP contribution in [0, 0.1) is 11.8 Å². The molecule has 0 bridgehead atoms. The summed E-state index contributed by atoms with van der Waals surface area (Å²) < 4.78 is 16.6. The molecule has 0 saturated carbocycles. The van der Waals surface area contributed by atoms with Gasteiger partial charge in [-0.25, -0.2) is 0 Å². The standard InChI is InChI=1S/C30H32O6/c1-30(2,3)36-29(33)26(28(32)35-21-24-17-11-6-12-18-24)25(19-22-13-7-4-8-14-22)27(31)34-20-23-15-9-5-10-16-23/h4-18,25-26H,19-21H2,1-3H3/t25-,26?/m1/s1. The van der Waals surface area contributed by atoms with E-state index in [-0.39, 0.29) is 19.6 Å². The maximum absolute atomic E-state index is 13.4. The number of carbonyl (C=O) groups excluding carboxylic acids is 3. The van der Waals surface area contributed by atoms with Crippen molar-refractivity contribution in [1.82, 2.24) is 0 Å². The summed E-state index contributed by atoms with van der Waals surface area (Å²) >= 11 is 0. The summed E-state index contributed by atoms with van der Waals surface area (Å²) in [4.78, 5) is 40.0. The Morgan fingerprint density at radius 1 is 0.611 bits per heavy atom. The van der Waals surface area contributed by atoms with Crippen LogP contribution in [0.3, 0.4) is 0 Å². The minimum atomic E-state index is -1.49. The van der Waals surface area contributed by atoms with E-state index in [9.17, 15) is 14.4 Å². The van der Waals surface area contributed by atoms with Crippen molar-refractivity contribution >= 4 is 17.9 Å². The van der Waals surface area contributed by atoms with E-state index >= 15 is 0 Å². The van der Waals surface area contributed by atoms with E-state index in [2.05, 4.69) is 0 Å². The highest BCUT2D eigenvalue weighted by atomic mass is 16.6. The molecule has 0 amide bonds. The molecule has 1 unspecified atom stereocenters. The quantitative estimate of drug-likeness (QED) is 0.219. The van der Waals surface area contributed by atoms with Crippen molar-refractivity contribution in [3.63, 3.8) is 0 Å². The lowest BCUT2D eigenvalue weighted by atomic mass is 9.86. The molecule has 0 radical (unpaired) electrons. The smallest absolute Gasteiger partial charge is 0.321 e. The minimum absolute atomic E-state index is 0.0189. The first-order valence-electron chi connectivity index (χ1n) is 11.9. The molecule has 0 N–H and O–H groups in total. The first-order valence-corrected chi connectivity index (χ1v) is 11.9. The molecule has 6 heteroatoms. The van der Waals surface area contributed by atoms with E-state index in [1.807, 2.05) is 91.0 Å². The van der Waals surface area contributed by atoms with E-state index in [0.717, 1.165) is 16.7 Å². The van der Waals surface area contributed by atoms with Crippen molar-refractivity contribution in [1.29, 1.82) is 0 Å². The number of rotatable bonds is 10. The molecule has 0 aliphatic carbocycles. The highest BCUT2D eigenvalue weighted by Gasteiger charge is 2.44. The van der Waals surface area contributed by atoms with Crippen molar-refractivity contribution < 1.29 is 28.6 Å². The maximum atomic E-state index is 13.4. The number of hydrogen-bond acceptors (Lipinski definition) is 6. The van der Waals surface area contributed by atoms with E-state index in [1.165, 1.54) is 0 Å². The molecule has 0 aliphatic rings. The summed E-state index contributed by atoms with van der Waals surface area (Å²) in [6.45, 7) is 5.10.